The van der Waals surface area contributed by atoms with Crippen LogP contribution < -0.4 is 9.80 Å². The summed E-state index contributed by atoms with van der Waals surface area (Å²) in [6.07, 6.45) is 7.18. The number of nitrogens with zero attached hydrogens (tertiary/aromatic N) is 4. The van der Waals surface area contributed by atoms with Crippen LogP contribution in [0.5, 0.6) is 5.75 Å². The number of carbonyl (C=O) groups is 1. The van der Waals surface area contributed by atoms with Gasteiger partial charge in [0.2, 0.25) is 6.41 Å². The summed E-state index contributed by atoms with van der Waals surface area (Å²) in [6.45, 7) is 7.49. The van der Waals surface area contributed by atoms with E-state index in [9.17, 15) is 19.4 Å². The van der Waals surface area contributed by atoms with Crippen LogP contribution in [0.15, 0.2) is 61.1 Å². The van der Waals surface area contributed by atoms with Crippen molar-refractivity contribution < 1.29 is 19.4 Å². The summed E-state index contributed by atoms with van der Waals surface area (Å²) >= 11 is 6.49. The zero-order valence-corrected chi connectivity index (χ0v) is 24.4. The van der Waals surface area contributed by atoms with Gasteiger partial charge in [-0.2, -0.15) is 0 Å². The minimum absolute atomic E-state index is 0.102. The highest BCUT2D eigenvalue weighted by atomic mass is 35.5. The molecule has 1 fully saturated rings. The monoisotopic (exact) mass is 568 g/mol. The largest absolute Gasteiger partial charge is 0.507 e. The summed E-state index contributed by atoms with van der Waals surface area (Å²) in [6, 6.07) is 10.9. The van der Waals surface area contributed by atoms with Crippen molar-refractivity contribution in [3.8, 4) is 28.0 Å². The standard InChI is InChI=1S/C28H30ClFN4O3.C3H8/c1-18-7-9-33(16-26(18)36)27-13-20(6-8-31-27)23-15-21(30)14-22(28(23)37)19-4-5-25(24(29)12-19)34(17-35)11-10-32(2)3;1-3-2/h4-6,8,10-15,17-18,26,36-37H,7,9,16H2,1-3H3;3H2,1-2H3/b11-10-;. The van der Waals surface area contributed by atoms with Crippen LogP contribution in [0.25, 0.3) is 22.3 Å². The zero-order chi connectivity index (χ0) is 29.4. The lowest BCUT2D eigenvalue weighted by atomic mass is 9.95. The number of rotatable bonds is 7. The predicted octanol–water partition coefficient (Wildman–Crippen LogP) is 6.53. The summed E-state index contributed by atoms with van der Waals surface area (Å²) in [5, 5.41) is 21.7. The van der Waals surface area contributed by atoms with Crippen molar-refractivity contribution in [3.63, 3.8) is 0 Å². The van der Waals surface area contributed by atoms with Gasteiger partial charge in [0.25, 0.3) is 0 Å². The number of carbonyl (C=O) groups excluding carboxylic acids is 1. The molecule has 9 heteroatoms. The second kappa shape index (κ2) is 14.1. The minimum Gasteiger partial charge on any atom is -0.507 e. The first-order valence-corrected chi connectivity index (χ1v) is 13.8. The molecule has 4 rings (SSSR count). The minimum atomic E-state index is -0.521. The Bertz CT molecular complexity index is 1330. The van der Waals surface area contributed by atoms with Gasteiger partial charge in [0.15, 0.2) is 0 Å². The number of aromatic hydroxyl groups is 1. The molecule has 40 heavy (non-hydrogen) atoms. The number of aliphatic hydroxyl groups excluding tert-OH is 1. The van der Waals surface area contributed by atoms with Crippen LogP contribution in [-0.4, -0.2) is 59.8 Å². The summed E-state index contributed by atoms with van der Waals surface area (Å²) in [7, 11) is 3.66. The summed E-state index contributed by atoms with van der Waals surface area (Å²) < 4.78 is 14.8. The highest BCUT2D eigenvalue weighted by Gasteiger charge is 2.25. The van der Waals surface area contributed by atoms with E-state index < -0.39 is 11.9 Å². The number of piperidine rings is 1. The van der Waals surface area contributed by atoms with Crippen LogP contribution in [0.2, 0.25) is 5.02 Å². The van der Waals surface area contributed by atoms with Crippen molar-refractivity contribution >= 4 is 29.5 Å². The maximum atomic E-state index is 14.8. The first-order chi connectivity index (χ1) is 19.1. The van der Waals surface area contributed by atoms with Crippen molar-refractivity contribution in [3.05, 3.63) is 71.9 Å². The molecule has 0 bridgehead atoms. The summed E-state index contributed by atoms with van der Waals surface area (Å²) in [4.78, 5) is 21.1. The normalized spacial score (nSPS) is 16.9. The van der Waals surface area contributed by atoms with E-state index in [2.05, 4.69) is 18.8 Å². The fraction of sp³-hybridized carbons (Fsp3) is 0.355. The predicted molar refractivity (Wildman–Crippen MR) is 161 cm³/mol. The topological polar surface area (TPSA) is 80.1 Å². The molecule has 2 N–H and O–H groups in total. The second-order valence-electron chi connectivity index (χ2n) is 10.2. The van der Waals surface area contributed by atoms with Gasteiger partial charge < -0.3 is 20.0 Å². The summed E-state index contributed by atoms with van der Waals surface area (Å²) in [5.41, 5.74) is 2.13. The van der Waals surface area contributed by atoms with E-state index in [4.69, 9.17) is 11.6 Å². The summed E-state index contributed by atoms with van der Waals surface area (Å²) in [5.74, 6) is 0.248. The number of halogens is 2. The number of anilines is 2. The molecule has 2 atom stereocenters. The molecule has 214 valence electrons. The molecule has 7 nitrogen and oxygen atoms in total. The molecular weight excluding hydrogens is 531 g/mol. The van der Waals surface area contributed by atoms with Gasteiger partial charge in [-0.3, -0.25) is 9.69 Å². The van der Waals surface area contributed by atoms with Gasteiger partial charge in [0.05, 0.1) is 16.8 Å². The molecular formula is C31H38ClFN4O3. The first-order valence-electron chi connectivity index (χ1n) is 13.4. The SMILES string of the molecule is CC1CCN(c2cc(-c3cc(F)cc(-c4ccc(N(C=O)/C=C\N(C)C)c(Cl)c4)c3O)ccn2)CC1O.CCC. The number of amides is 1. The molecule has 0 saturated carbocycles. The van der Waals surface area contributed by atoms with Gasteiger partial charge >= 0.3 is 0 Å². The highest BCUT2D eigenvalue weighted by molar-refractivity contribution is 6.34. The van der Waals surface area contributed by atoms with Gasteiger partial charge in [-0.1, -0.05) is 44.9 Å². The average Bonchev–Trinajstić information content (AvgIpc) is 2.92. The van der Waals surface area contributed by atoms with Gasteiger partial charge in [-0.15, -0.1) is 0 Å². The van der Waals surface area contributed by atoms with E-state index in [1.165, 1.54) is 23.5 Å². The van der Waals surface area contributed by atoms with Crippen LogP contribution in [-0.2, 0) is 4.79 Å². The van der Waals surface area contributed by atoms with Gasteiger partial charge in [0, 0.05) is 56.9 Å². The van der Waals surface area contributed by atoms with E-state index in [1.54, 1.807) is 53.8 Å². The number of aromatic nitrogens is 1. The second-order valence-corrected chi connectivity index (χ2v) is 10.6. The van der Waals surface area contributed by atoms with E-state index in [1.807, 2.05) is 25.9 Å². The molecule has 1 saturated heterocycles. The molecule has 1 amide bonds. The Balaban J connectivity index is 0.00000141. The van der Waals surface area contributed by atoms with Crippen LogP contribution in [0.3, 0.4) is 0 Å². The molecule has 3 aromatic rings. The van der Waals surface area contributed by atoms with Crippen molar-refractivity contribution in [1.29, 1.82) is 0 Å². The molecule has 1 aromatic heterocycles. The smallest absolute Gasteiger partial charge is 0.218 e. The molecule has 0 aliphatic carbocycles. The maximum absolute atomic E-state index is 14.8. The van der Waals surface area contributed by atoms with E-state index >= 15 is 0 Å². The number of hydrogen-bond donors (Lipinski definition) is 2. The van der Waals surface area contributed by atoms with Crippen molar-refractivity contribution in [2.75, 3.05) is 37.0 Å². The Morgan fingerprint density at radius 1 is 1.10 bits per heavy atom. The van der Waals surface area contributed by atoms with E-state index in [0.717, 1.165) is 13.0 Å². The average molecular weight is 569 g/mol. The third-order valence-electron chi connectivity index (χ3n) is 6.55. The molecule has 1 aliphatic heterocycles. The fourth-order valence-corrected chi connectivity index (χ4v) is 4.59. The van der Waals surface area contributed by atoms with Crippen molar-refractivity contribution in [1.82, 2.24) is 9.88 Å². The Morgan fingerprint density at radius 3 is 2.33 bits per heavy atom. The van der Waals surface area contributed by atoms with Crippen molar-refractivity contribution in [2.45, 2.75) is 39.7 Å². The lowest BCUT2D eigenvalue weighted by molar-refractivity contribution is -0.107. The lowest BCUT2D eigenvalue weighted by Gasteiger charge is -2.35. The van der Waals surface area contributed by atoms with Gasteiger partial charge in [-0.05, 0) is 59.9 Å². The molecule has 1 aliphatic rings. The number of phenols is 1. The van der Waals surface area contributed by atoms with E-state index in [0.29, 0.717) is 41.2 Å². The Kier molecular flexibility index (Phi) is 10.9. The number of benzene rings is 2. The van der Waals surface area contributed by atoms with Crippen LogP contribution in [0.4, 0.5) is 15.9 Å². The lowest BCUT2D eigenvalue weighted by Crippen LogP contribution is -2.43. The number of phenolic OH excluding ortho intramolecular Hbond substituents is 1. The molecule has 0 radical (unpaired) electrons. The van der Waals surface area contributed by atoms with E-state index in [-0.39, 0.29) is 22.3 Å². The molecule has 2 aromatic carbocycles. The quantitative estimate of drug-likeness (QED) is 0.315. The first kappa shape index (κ1) is 30.9. The molecule has 2 unspecified atom stereocenters. The van der Waals surface area contributed by atoms with Crippen LogP contribution in [0.1, 0.15) is 33.6 Å². The Labute approximate surface area is 241 Å². The van der Waals surface area contributed by atoms with Gasteiger partial charge in [0.1, 0.15) is 17.4 Å². The Hall–Kier alpha value is -3.62. The zero-order valence-electron chi connectivity index (χ0n) is 23.7. The number of pyridine rings is 1. The van der Waals surface area contributed by atoms with Crippen LogP contribution in [0, 0.1) is 11.7 Å². The molecule has 0 spiro atoms. The molecule has 2 heterocycles. The highest BCUT2D eigenvalue weighted by Crippen LogP contribution is 2.41. The Morgan fingerprint density at radius 2 is 1.75 bits per heavy atom. The van der Waals surface area contributed by atoms with Crippen molar-refractivity contribution in [2.24, 2.45) is 5.92 Å². The van der Waals surface area contributed by atoms with Gasteiger partial charge in [-0.25, -0.2) is 9.37 Å². The third-order valence-corrected chi connectivity index (χ3v) is 6.85. The third kappa shape index (κ3) is 7.52. The number of aliphatic hydroxyl groups is 1. The fourth-order valence-electron chi connectivity index (χ4n) is 4.32. The number of β-amino-alcohol motifs (C(OH)–C–C–N with tert-alkyl or cyclic N) is 1. The van der Waals surface area contributed by atoms with Crippen LogP contribution >= 0.6 is 11.6 Å². The number of hydrogen-bond acceptors (Lipinski definition) is 6. The maximum Gasteiger partial charge on any atom is 0.218 e.